The van der Waals surface area contributed by atoms with E-state index in [4.69, 9.17) is 16.1 Å². The van der Waals surface area contributed by atoms with Gasteiger partial charge in [-0.25, -0.2) is 4.98 Å². The van der Waals surface area contributed by atoms with Crippen LogP contribution in [-0.4, -0.2) is 22.6 Å². The Hall–Kier alpha value is -2.18. The molecule has 0 saturated heterocycles. The van der Waals surface area contributed by atoms with Crippen LogP contribution in [0.4, 0.5) is 0 Å². The maximum Gasteiger partial charge on any atom is 0.226 e. The van der Waals surface area contributed by atoms with Crippen molar-refractivity contribution in [2.75, 3.05) is 6.54 Å². The molecule has 0 fully saturated rings. The molecule has 2 heterocycles. The first-order valence-corrected chi connectivity index (χ1v) is 8.75. The van der Waals surface area contributed by atoms with Crippen LogP contribution in [0.15, 0.2) is 40.2 Å². The number of nitrogens with zero attached hydrogens (tertiary/aromatic N) is 2. The van der Waals surface area contributed by atoms with Crippen LogP contribution in [0.1, 0.15) is 16.4 Å². The molecule has 5 nitrogen and oxygen atoms in total. The van der Waals surface area contributed by atoms with Gasteiger partial charge in [0.25, 0.3) is 0 Å². The van der Waals surface area contributed by atoms with Crippen LogP contribution in [0, 0.1) is 6.92 Å². The number of hydrogen-bond donors (Lipinski definition) is 1. The molecular weight excluding hydrogens is 346 g/mol. The van der Waals surface area contributed by atoms with Crippen molar-refractivity contribution in [1.29, 1.82) is 0 Å². The number of rotatable bonds is 6. The number of carbonyl (C=O) groups excluding carboxylic acids is 1. The molecule has 0 saturated carbocycles. The van der Waals surface area contributed by atoms with Gasteiger partial charge in [0.2, 0.25) is 5.91 Å². The van der Waals surface area contributed by atoms with Crippen molar-refractivity contribution in [3.8, 4) is 11.3 Å². The molecule has 1 amide bonds. The number of aryl methyl sites for hydroxylation is 1. The highest BCUT2D eigenvalue weighted by molar-refractivity contribution is 7.09. The Morgan fingerprint density at radius 3 is 2.79 bits per heavy atom. The molecule has 2 aromatic heterocycles. The normalized spacial score (nSPS) is 10.8. The lowest BCUT2D eigenvalue weighted by molar-refractivity contribution is -0.120. The van der Waals surface area contributed by atoms with E-state index in [1.807, 2.05) is 24.4 Å². The van der Waals surface area contributed by atoms with Crippen LogP contribution in [0.3, 0.4) is 0 Å². The van der Waals surface area contributed by atoms with Crippen molar-refractivity contribution in [3.63, 3.8) is 0 Å². The van der Waals surface area contributed by atoms with Crippen molar-refractivity contribution in [1.82, 2.24) is 15.5 Å². The molecule has 0 spiro atoms. The van der Waals surface area contributed by atoms with Gasteiger partial charge in [-0.15, -0.1) is 11.3 Å². The predicted molar refractivity (Wildman–Crippen MR) is 94.2 cm³/mol. The summed E-state index contributed by atoms with van der Waals surface area (Å²) in [6.07, 6.45) is 0.915. The number of carbonyl (C=O) groups is 1. The quantitative estimate of drug-likeness (QED) is 0.727. The van der Waals surface area contributed by atoms with Crippen molar-refractivity contribution in [3.05, 3.63) is 57.1 Å². The van der Waals surface area contributed by atoms with E-state index in [0.29, 0.717) is 23.0 Å². The van der Waals surface area contributed by atoms with Gasteiger partial charge in [-0.05, 0) is 31.2 Å². The third-order valence-electron chi connectivity index (χ3n) is 3.40. The second-order valence-corrected chi connectivity index (χ2v) is 6.82. The monoisotopic (exact) mass is 361 g/mol. The first-order chi connectivity index (χ1) is 11.6. The maximum atomic E-state index is 12.0. The average molecular weight is 362 g/mol. The van der Waals surface area contributed by atoms with E-state index in [1.165, 1.54) is 0 Å². The number of halogens is 1. The topological polar surface area (TPSA) is 68.0 Å². The standard InChI is InChI=1S/C17H16ClN3O2S/c1-11-20-14(10-24-11)6-7-19-17(22)9-15-8-16(23-21-15)12-2-4-13(18)5-3-12/h2-5,8,10H,6-7,9H2,1H3,(H,19,22). The van der Waals surface area contributed by atoms with Crippen LogP contribution in [0.2, 0.25) is 5.02 Å². The fraction of sp³-hybridized carbons (Fsp3) is 0.235. The highest BCUT2D eigenvalue weighted by Crippen LogP contribution is 2.22. The molecule has 0 aliphatic rings. The fourth-order valence-corrected chi connectivity index (χ4v) is 3.00. The number of amides is 1. The average Bonchev–Trinajstić information content (AvgIpc) is 3.17. The Morgan fingerprint density at radius 1 is 1.29 bits per heavy atom. The van der Waals surface area contributed by atoms with Gasteiger partial charge in [0.1, 0.15) is 0 Å². The minimum atomic E-state index is -0.0853. The zero-order valence-electron chi connectivity index (χ0n) is 13.1. The lowest BCUT2D eigenvalue weighted by Crippen LogP contribution is -2.27. The Balaban J connectivity index is 1.50. The van der Waals surface area contributed by atoms with Crippen molar-refractivity contribution in [2.45, 2.75) is 19.8 Å². The predicted octanol–water partition coefficient (Wildman–Crippen LogP) is 3.66. The number of aromatic nitrogens is 2. The van der Waals surface area contributed by atoms with E-state index >= 15 is 0 Å². The summed E-state index contributed by atoms with van der Waals surface area (Å²) in [6.45, 7) is 2.53. The van der Waals surface area contributed by atoms with Crippen molar-refractivity contribution in [2.24, 2.45) is 0 Å². The van der Waals surface area contributed by atoms with Crippen molar-refractivity contribution < 1.29 is 9.32 Å². The van der Waals surface area contributed by atoms with Crippen molar-refractivity contribution >= 4 is 28.8 Å². The van der Waals surface area contributed by atoms with Gasteiger partial charge < -0.3 is 9.84 Å². The van der Waals surface area contributed by atoms with E-state index in [-0.39, 0.29) is 12.3 Å². The molecule has 0 aliphatic heterocycles. The molecule has 3 rings (SSSR count). The van der Waals surface area contributed by atoms with E-state index in [1.54, 1.807) is 29.5 Å². The zero-order valence-corrected chi connectivity index (χ0v) is 14.7. The van der Waals surface area contributed by atoms with Gasteiger partial charge >= 0.3 is 0 Å². The minimum Gasteiger partial charge on any atom is -0.356 e. The third-order valence-corrected chi connectivity index (χ3v) is 4.47. The second-order valence-electron chi connectivity index (χ2n) is 5.32. The van der Waals surface area contributed by atoms with E-state index < -0.39 is 0 Å². The van der Waals surface area contributed by atoms with Crippen LogP contribution < -0.4 is 5.32 Å². The SMILES string of the molecule is Cc1nc(CCNC(=O)Cc2cc(-c3ccc(Cl)cc3)on2)cs1. The summed E-state index contributed by atoms with van der Waals surface area (Å²) in [5.74, 6) is 0.533. The highest BCUT2D eigenvalue weighted by atomic mass is 35.5. The lowest BCUT2D eigenvalue weighted by Gasteiger charge is -2.01. The summed E-state index contributed by atoms with van der Waals surface area (Å²) in [7, 11) is 0. The Morgan fingerprint density at radius 2 is 2.08 bits per heavy atom. The molecule has 7 heteroatoms. The molecule has 1 aromatic carbocycles. The summed E-state index contributed by atoms with van der Waals surface area (Å²) in [4.78, 5) is 16.3. The number of hydrogen-bond acceptors (Lipinski definition) is 5. The molecular formula is C17H16ClN3O2S. The summed E-state index contributed by atoms with van der Waals surface area (Å²) < 4.78 is 5.29. The molecule has 24 heavy (non-hydrogen) atoms. The van der Waals surface area contributed by atoms with Gasteiger partial charge in [0.05, 0.1) is 22.8 Å². The summed E-state index contributed by atoms with van der Waals surface area (Å²) >= 11 is 7.48. The molecule has 0 radical (unpaired) electrons. The number of benzene rings is 1. The lowest BCUT2D eigenvalue weighted by atomic mass is 10.1. The molecule has 124 valence electrons. The molecule has 0 bridgehead atoms. The number of nitrogens with one attached hydrogen (secondary N) is 1. The molecule has 0 aliphatic carbocycles. The summed E-state index contributed by atoms with van der Waals surface area (Å²) in [5.41, 5.74) is 2.48. The molecule has 3 aromatic rings. The summed E-state index contributed by atoms with van der Waals surface area (Å²) in [5, 5.41) is 10.5. The smallest absolute Gasteiger partial charge is 0.226 e. The second kappa shape index (κ2) is 7.59. The van der Waals surface area contributed by atoms with Crippen LogP contribution in [-0.2, 0) is 17.6 Å². The maximum absolute atomic E-state index is 12.0. The van der Waals surface area contributed by atoms with Crippen LogP contribution in [0.5, 0.6) is 0 Å². The van der Waals surface area contributed by atoms with Gasteiger partial charge in [-0.3, -0.25) is 4.79 Å². The molecule has 0 atom stereocenters. The minimum absolute atomic E-state index is 0.0853. The van der Waals surface area contributed by atoms with E-state index in [9.17, 15) is 4.79 Å². The van der Waals surface area contributed by atoms with Gasteiger partial charge in [-0.2, -0.15) is 0 Å². The van der Waals surface area contributed by atoms with Crippen LogP contribution in [0.25, 0.3) is 11.3 Å². The number of thiazole rings is 1. The van der Waals surface area contributed by atoms with Gasteiger partial charge in [0.15, 0.2) is 5.76 Å². The first kappa shape index (κ1) is 16.7. The third kappa shape index (κ3) is 4.43. The Bertz CT molecular complexity index is 826. The zero-order chi connectivity index (χ0) is 16.9. The Kier molecular flexibility index (Phi) is 5.27. The molecule has 0 unspecified atom stereocenters. The first-order valence-electron chi connectivity index (χ1n) is 7.49. The summed E-state index contributed by atoms with van der Waals surface area (Å²) in [6, 6.07) is 9.04. The largest absolute Gasteiger partial charge is 0.356 e. The fourth-order valence-electron chi connectivity index (χ4n) is 2.23. The van der Waals surface area contributed by atoms with Gasteiger partial charge in [0, 0.05) is 35.0 Å². The highest BCUT2D eigenvalue weighted by Gasteiger charge is 2.10. The molecule has 1 N–H and O–H groups in total. The van der Waals surface area contributed by atoms with E-state index in [2.05, 4.69) is 15.5 Å². The van der Waals surface area contributed by atoms with E-state index in [0.717, 1.165) is 22.7 Å². The van der Waals surface area contributed by atoms with Crippen LogP contribution >= 0.6 is 22.9 Å². The van der Waals surface area contributed by atoms with Gasteiger partial charge in [-0.1, -0.05) is 16.8 Å². The Labute approximate surface area is 148 Å².